The molecule has 0 aliphatic heterocycles. The normalized spacial score (nSPS) is 10.3. The Morgan fingerprint density at radius 3 is 3.08 bits per heavy atom. The molecule has 2 heteroatoms. The second-order valence-electron chi connectivity index (χ2n) is 3.17. The first-order chi connectivity index (χ1) is 6.33. The van der Waals surface area contributed by atoms with Crippen LogP contribution < -0.4 is 0 Å². The van der Waals surface area contributed by atoms with Crippen LogP contribution in [0.25, 0.3) is 11.0 Å². The lowest BCUT2D eigenvalue weighted by Crippen LogP contribution is -1.96. The SMILES string of the molecule is CCCc1nc2ccc#cc2n1C. The molecule has 66 valence electrons. The summed E-state index contributed by atoms with van der Waals surface area (Å²) in [4.78, 5) is 4.51. The fraction of sp³-hybridized carbons (Fsp3) is 0.364. The largest absolute Gasteiger partial charge is 0.324 e. The smallest absolute Gasteiger partial charge is 0.119 e. The predicted octanol–water partition coefficient (Wildman–Crippen LogP) is 2.13. The lowest BCUT2D eigenvalue weighted by Gasteiger charge is -1.97. The van der Waals surface area contributed by atoms with Gasteiger partial charge in [-0.15, -0.1) is 0 Å². The Morgan fingerprint density at radius 1 is 1.54 bits per heavy atom. The fourth-order valence-electron chi connectivity index (χ4n) is 1.51. The van der Waals surface area contributed by atoms with Crippen molar-refractivity contribution in [1.29, 1.82) is 0 Å². The van der Waals surface area contributed by atoms with E-state index < -0.39 is 0 Å². The minimum absolute atomic E-state index is 1.02. The Kier molecular flexibility index (Phi) is 1.94. The van der Waals surface area contributed by atoms with E-state index in [0.717, 1.165) is 29.7 Å². The molecule has 1 heterocycles. The molecule has 0 N–H and O–H groups in total. The number of hydrogen-bond donors (Lipinski definition) is 0. The molecule has 0 spiro atoms. The molecule has 1 aromatic carbocycles. The van der Waals surface area contributed by atoms with Gasteiger partial charge in [-0.1, -0.05) is 13.0 Å². The van der Waals surface area contributed by atoms with E-state index in [1.54, 1.807) is 0 Å². The fourth-order valence-corrected chi connectivity index (χ4v) is 1.51. The third-order valence-electron chi connectivity index (χ3n) is 2.20. The molecular formula is C11H12N2. The number of nitrogens with zero attached hydrogens (tertiary/aromatic N) is 2. The highest BCUT2D eigenvalue weighted by Gasteiger charge is 2.04. The maximum absolute atomic E-state index is 4.51. The zero-order valence-electron chi connectivity index (χ0n) is 7.96. The second kappa shape index (κ2) is 3.10. The summed E-state index contributed by atoms with van der Waals surface area (Å²) in [5.74, 6) is 1.13. The van der Waals surface area contributed by atoms with Crippen molar-refractivity contribution in [3.05, 3.63) is 30.1 Å². The van der Waals surface area contributed by atoms with Crippen LogP contribution in [0.5, 0.6) is 0 Å². The molecule has 0 atom stereocenters. The van der Waals surface area contributed by atoms with E-state index in [9.17, 15) is 0 Å². The van der Waals surface area contributed by atoms with Crippen molar-refractivity contribution < 1.29 is 0 Å². The van der Waals surface area contributed by atoms with Crippen molar-refractivity contribution in [3.63, 3.8) is 0 Å². The Balaban J connectivity index is 2.60. The van der Waals surface area contributed by atoms with E-state index in [-0.39, 0.29) is 0 Å². The predicted molar refractivity (Wildman–Crippen MR) is 52.4 cm³/mol. The van der Waals surface area contributed by atoms with Crippen LogP contribution in [0, 0.1) is 12.1 Å². The van der Waals surface area contributed by atoms with Gasteiger partial charge in [-0.25, -0.2) is 4.98 Å². The lowest BCUT2D eigenvalue weighted by atomic mass is 10.3. The van der Waals surface area contributed by atoms with Crippen LogP contribution in [0.15, 0.2) is 12.1 Å². The van der Waals surface area contributed by atoms with Crippen molar-refractivity contribution in [2.45, 2.75) is 19.8 Å². The maximum Gasteiger partial charge on any atom is 0.119 e. The van der Waals surface area contributed by atoms with E-state index in [0.29, 0.717) is 0 Å². The van der Waals surface area contributed by atoms with E-state index >= 15 is 0 Å². The monoisotopic (exact) mass is 172 g/mol. The Hall–Kier alpha value is -1.49. The molecule has 0 saturated heterocycles. The van der Waals surface area contributed by atoms with Gasteiger partial charge in [0.15, 0.2) is 0 Å². The number of aryl methyl sites for hydroxylation is 2. The quantitative estimate of drug-likeness (QED) is 0.678. The van der Waals surface area contributed by atoms with Crippen LogP contribution in [-0.2, 0) is 13.5 Å². The van der Waals surface area contributed by atoms with Gasteiger partial charge in [0.2, 0.25) is 0 Å². The molecule has 2 rings (SSSR count). The Morgan fingerprint density at radius 2 is 2.38 bits per heavy atom. The molecule has 0 aliphatic rings. The van der Waals surface area contributed by atoms with E-state index in [4.69, 9.17) is 0 Å². The number of rotatable bonds is 2. The molecule has 0 fully saturated rings. The molecule has 0 radical (unpaired) electrons. The molecule has 0 aliphatic carbocycles. The highest BCUT2D eigenvalue weighted by molar-refractivity contribution is 5.73. The third-order valence-corrected chi connectivity index (χ3v) is 2.20. The van der Waals surface area contributed by atoms with Crippen molar-refractivity contribution in [1.82, 2.24) is 9.55 Å². The Labute approximate surface area is 78.2 Å². The summed E-state index contributed by atoms with van der Waals surface area (Å²) in [7, 11) is 2.03. The van der Waals surface area contributed by atoms with E-state index in [1.165, 1.54) is 0 Å². The van der Waals surface area contributed by atoms with Crippen LogP contribution >= 0.6 is 0 Å². The van der Waals surface area contributed by atoms with Gasteiger partial charge in [-0.2, -0.15) is 0 Å². The molecule has 0 unspecified atom stereocenters. The topological polar surface area (TPSA) is 17.8 Å². The number of fused-ring (bicyclic) bond motifs is 1. The van der Waals surface area contributed by atoms with E-state index in [2.05, 4.69) is 28.6 Å². The highest BCUT2D eigenvalue weighted by atomic mass is 15.1. The van der Waals surface area contributed by atoms with Crippen molar-refractivity contribution in [2.75, 3.05) is 0 Å². The summed E-state index contributed by atoms with van der Waals surface area (Å²) in [5.41, 5.74) is 2.07. The first-order valence-electron chi connectivity index (χ1n) is 4.56. The standard InChI is InChI=1S/C11H12N2/c1-3-6-11-12-9-7-4-5-8-10(9)13(11)2/h4,7H,3,6H2,1-2H3. The van der Waals surface area contributed by atoms with Gasteiger partial charge in [0.1, 0.15) is 11.3 Å². The average molecular weight is 172 g/mol. The van der Waals surface area contributed by atoms with Gasteiger partial charge in [0, 0.05) is 13.5 Å². The van der Waals surface area contributed by atoms with Crippen molar-refractivity contribution >= 4 is 11.0 Å². The summed E-state index contributed by atoms with van der Waals surface area (Å²) < 4.78 is 2.09. The first kappa shape index (κ1) is 8.12. The molecular weight excluding hydrogens is 160 g/mol. The summed E-state index contributed by atoms with van der Waals surface area (Å²) in [6, 6.07) is 9.85. The van der Waals surface area contributed by atoms with E-state index in [1.807, 2.05) is 19.2 Å². The first-order valence-corrected chi connectivity index (χ1v) is 4.56. The van der Waals surface area contributed by atoms with Crippen molar-refractivity contribution in [3.8, 4) is 0 Å². The minimum atomic E-state index is 1.02. The molecule has 1 aromatic heterocycles. The van der Waals surface area contributed by atoms with Crippen LogP contribution in [0.2, 0.25) is 0 Å². The maximum atomic E-state index is 4.51. The number of imidazole rings is 1. The lowest BCUT2D eigenvalue weighted by molar-refractivity contribution is 0.773. The van der Waals surface area contributed by atoms with Gasteiger partial charge in [0.05, 0.1) is 5.52 Å². The van der Waals surface area contributed by atoms with Gasteiger partial charge in [0.25, 0.3) is 0 Å². The molecule has 2 nitrogen and oxygen atoms in total. The number of hydrogen-bond acceptors (Lipinski definition) is 1. The zero-order chi connectivity index (χ0) is 9.26. The van der Waals surface area contributed by atoms with Crippen LogP contribution in [0.1, 0.15) is 19.2 Å². The Bertz CT molecular complexity index is 415. The molecule has 0 amide bonds. The molecule has 2 aromatic rings. The zero-order valence-corrected chi connectivity index (χ0v) is 7.96. The number of aromatic nitrogens is 2. The van der Waals surface area contributed by atoms with Gasteiger partial charge in [-0.05, 0) is 24.6 Å². The van der Waals surface area contributed by atoms with Gasteiger partial charge >= 0.3 is 0 Å². The minimum Gasteiger partial charge on any atom is -0.324 e. The highest BCUT2D eigenvalue weighted by Crippen LogP contribution is 2.12. The van der Waals surface area contributed by atoms with Crippen LogP contribution in [0.3, 0.4) is 0 Å². The summed E-state index contributed by atoms with van der Waals surface area (Å²) in [5, 5.41) is 0. The summed E-state index contributed by atoms with van der Waals surface area (Å²) >= 11 is 0. The van der Waals surface area contributed by atoms with Crippen LogP contribution in [0.4, 0.5) is 0 Å². The molecule has 0 saturated carbocycles. The summed E-state index contributed by atoms with van der Waals surface area (Å²) in [6.07, 6.45) is 2.15. The molecule has 13 heavy (non-hydrogen) atoms. The average Bonchev–Trinajstić information content (AvgIpc) is 2.46. The second-order valence-corrected chi connectivity index (χ2v) is 3.17. The summed E-state index contributed by atoms with van der Waals surface area (Å²) in [6.45, 7) is 2.16. The van der Waals surface area contributed by atoms with Crippen LogP contribution in [-0.4, -0.2) is 9.55 Å². The van der Waals surface area contributed by atoms with Crippen molar-refractivity contribution in [2.24, 2.45) is 7.05 Å². The van der Waals surface area contributed by atoms with Gasteiger partial charge in [-0.3, -0.25) is 0 Å². The van der Waals surface area contributed by atoms with Gasteiger partial charge < -0.3 is 4.57 Å². The third kappa shape index (κ3) is 1.27. The molecule has 0 bridgehead atoms.